The van der Waals surface area contributed by atoms with Crippen LogP contribution in [0.1, 0.15) is 18.4 Å². The number of alkyl halides is 3. The summed E-state index contributed by atoms with van der Waals surface area (Å²) < 4.78 is 53.9. The predicted octanol–water partition coefficient (Wildman–Crippen LogP) is 7.34. The standard InChI is InChI=1S/C19H16Cl4F3NO3/c20-14-9-13(28-8-5-16(22)23)10-15(21)18(14)30-7-2-1-6-29-17-4-3-12(11-27-17)19(24,25)26/h3-5,9-11H,1-2,6-8H2. The van der Waals surface area contributed by atoms with Gasteiger partial charge in [-0.05, 0) is 25.0 Å². The number of rotatable bonds is 10. The molecule has 0 aliphatic carbocycles. The van der Waals surface area contributed by atoms with Gasteiger partial charge in [0.15, 0.2) is 5.75 Å². The smallest absolute Gasteiger partial charge is 0.417 e. The van der Waals surface area contributed by atoms with Crippen molar-refractivity contribution in [3.8, 4) is 17.4 Å². The third-order valence-electron chi connectivity index (χ3n) is 3.56. The van der Waals surface area contributed by atoms with Gasteiger partial charge in [0.1, 0.15) is 16.8 Å². The molecular weight excluding hydrogens is 489 g/mol. The zero-order valence-corrected chi connectivity index (χ0v) is 18.3. The summed E-state index contributed by atoms with van der Waals surface area (Å²) >= 11 is 23.3. The number of hydrogen-bond acceptors (Lipinski definition) is 4. The molecule has 0 spiro atoms. The Bertz CT molecular complexity index is 834. The molecule has 2 rings (SSSR count). The Morgan fingerprint density at radius 3 is 2.13 bits per heavy atom. The summed E-state index contributed by atoms with van der Waals surface area (Å²) in [5, 5.41) is 0.562. The molecule has 0 radical (unpaired) electrons. The molecular formula is C19H16Cl4F3NO3. The molecule has 30 heavy (non-hydrogen) atoms. The molecule has 0 saturated carbocycles. The van der Waals surface area contributed by atoms with Crippen molar-refractivity contribution in [3.63, 3.8) is 0 Å². The quantitative estimate of drug-likeness (QED) is 0.317. The Hall–Kier alpha value is -1.54. The Morgan fingerprint density at radius 2 is 1.60 bits per heavy atom. The number of unbranched alkanes of at least 4 members (excludes halogenated alkanes) is 1. The van der Waals surface area contributed by atoms with Gasteiger partial charge in [0.25, 0.3) is 0 Å². The van der Waals surface area contributed by atoms with Crippen LogP contribution < -0.4 is 14.2 Å². The van der Waals surface area contributed by atoms with Crippen molar-refractivity contribution in [2.24, 2.45) is 0 Å². The van der Waals surface area contributed by atoms with Gasteiger partial charge in [-0.2, -0.15) is 13.2 Å². The maximum atomic E-state index is 12.5. The number of aromatic nitrogens is 1. The summed E-state index contributed by atoms with van der Waals surface area (Å²) in [5.41, 5.74) is -0.826. The normalized spacial score (nSPS) is 11.2. The van der Waals surface area contributed by atoms with Gasteiger partial charge in [-0.1, -0.05) is 46.4 Å². The second-order valence-electron chi connectivity index (χ2n) is 5.81. The number of hydrogen-bond donors (Lipinski definition) is 0. The van der Waals surface area contributed by atoms with Gasteiger partial charge in [-0.25, -0.2) is 4.98 Å². The van der Waals surface area contributed by atoms with Gasteiger partial charge in [0.2, 0.25) is 5.88 Å². The summed E-state index contributed by atoms with van der Waals surface area (Å²) in [6, 6.07) is 5.21. The van der Waals surface area contributed by atoms with Crippen LogP contribution >= 0.6 is 46.4 Å². The third-order valence-corrected chi connectivity index (χ3v) is 4.43. The minimum atomic E-state index is -4.43. The molecule has 0 bridgehead atoms. The van der Waals surface area contributed by atoms with Crippen LogP contribution in [-0.2, 0) is 6.18 Å². The predicted molar refractivity (Wildman–Crippen MR) is 111 cm³/mol. The average Bonchev–Trinajstić information content (AvgIpc) is 2.65. The summed E-state index contributed by atoms with van der Waals surface area (Å²) in [4.78, 5) is 3.63. The van der Waals surface area contributed by atoms with Crippen LogP contribution in [0, 0.1) is 0 Å². The summed E-state index contributed by atoms with van der Waals surface area (Å²) in [7, 11) is 0. The van der Waals surface area contributed by atoms with Crippen LogP contribution in [0.25, 0.3) is 0 Å². The van der Waals surface area contributed by atoms with Crippen LogP contribution in [0.4, 0.5) is 13.2 Å². The first-order valence-electron chi connectivity index (χ1n) is 8.58. The van der Waals surface area contributed by atoms with Crippen molar-refractivity contribution in [3.05, 3.63) is 56.6 Å². The molecule has 1 aromatic heterocycles. The molecule has 1 aromatic carbocycles. The molecule has 0 aliphatic rings. The van der Waals surface area contributed by atoms with Crippen molar-refractivity contribution in [2.45, 2.75) is 19.0 Å². The van der Waals surface area contributed by atoms with Crippen LogP contribution in [-0.4, -0.2) is 24.8 Å². The van der Waals surface area contributed by atoms with Crippen LogP contribution in [0.5, 0.6) is 17.4 Å². The summed E-state index contributed by atoms with van der Waals surface area (Å²) in [6.07, 6.45) is -1.03. The lowest BCUT2D eigenvalue weighted by molar-refractivity contribution is -0.137. The van der Waals surface area contributed by atoms with Gasteiger partial charge in [-0.15, -0.1) is 0 Å². The first-order valence-corrected chi connectivity index (χ1v) is 10.1. The fourth-order valence-electron chi connectivity index (χ4n) is 2.15. The van der Waals surface area contributed by atoms with Crippen molar-refractivity contribution >= 4 is 46.4 Å². The molecule has 0 atom stereocenters. The molecule has 4 nitrogen and oxygen atoms in total. The fourth-order valence-corrected chi connectivity index (χ4v) is 2.85. The largest absolute Gasteiger partial charge is 0.490 e. The monoisotopic (exact) mass is 503 g/mol. The summed E-state index contributed by atoms with van der Waals surface area (Å²) in [5.74, 6) is 0.874. The Morgan fingerprint density at radius 1 is 0.967 bits per heavy atom. The lowest BCUT2D eigenvalue weighted by Gasteiger charge is -2.12. The summed E-state index contributed by atoms with van der Waals surface area (Å²) in [6.45, 7) is 0.740. The molecule has 11 heteroatoms. The Balaban J connectivity index is 1.73. The SMILES string of the molecule is FC(F)(F)c1ccc(OCCCCOc2c(Cl)cc(OCC=C(Cl)Cl)cc2Cl)nc1. The highest BCUT2D eigenvalue weighted by Gasteiger charge is 2.30. The van der Waals surface area contributed by atoms with E-state index in [4.69, 9.17) is 60.6 Å². The molecule has 0 fully saturated rings. The highest BCUT2D eigenvalue weighted by atomic mass is 35.5. The van der Waals surface area contributed by atoms with E-state index < -0.39 is 11.7 Å². The average molecular weight is 505 g/mol. The van der Waals surface area contributed by atoms with E-state index in [0.29, 0.717) is 30.9 Å². The first kappa shape index (κ1) is 24.7. The van der Waals surface area contributed by atoms with E-state index in [1.54, 1.807) is 12.1 Å². The topological polar surface area (TPSA) is 40.6 Å². The van der Waals surface area contributed by atoms with E-state index in [-0.39, 0.29) is 33.6 Å². The van der Waals surface area contributed by atoms with Gasteiger partial charge in [0, 0.05) is 24.4 Å². The van der Waals surface area contributed by atoms with Crippen molar-refractivity contribution < 1.29 is 27.4 Å². The maximum Gasteiger partial charge on any atom is 0.417 e. The van der Waals surface area contributed by atoms with E-state index in [9.17, 15) is 13.2 Å². The lowest BCUT2D eigenvalue weighted by atomic mass is 10.3. The van der Waals surface area contributed by atoms with E-state index in [0.717, 1.165) is 12.3 Å². The van der Waals surface area contributed by atoms with Gasteiger partial charge in [0.05, 0.1) is 28.8 Å². The second kappa shape index (κ2) is 11.7. The van der Waals surface area contributed by atoms with Crippen molar-refractivity contribution in [1.29, 1.82) is 0 Å². The third kappa shape index (κ3) is 8.30. The zero-order valence-electron chi connectivity index (χ0n) is 15.3. The fraction of sp³-hybridized carbons (Fsp3) is 0.316. The molecule has 0 amide bonds. The van der Waals surface area contributed by atoms with Gasteiger partial charge < -0.3 is 14.2 Å². The number of nitrogens with zero attached hydrogens (tertiary/aromatic N) is 1. The molecule has 1 heterocycles. The van der Waals surface area contributed by atoms with Crippen LogP contribution in [0.2, 0.25) is 10.0 Å². The van der Waals surface area contributed by atoms with Gasteiger partial charge >= 0.3 is 6.18 Å². The molecule has 2 aromatic rings. The minimum Gasteiger partial charge on any atom is -0.490 e. The van der Waals surface area contributed by atoms with Gasteiger partial charge in [-0.3, -0.25) is 0 Å². The van der Waals surface area contributed by atoms with Crippen LogP contribution in [0.15, 0.2) is 41.0 Å². The maximum absolute atomic E-state index is 12.5. The second-order valence-corrected chi connectivity index (χ2v) is 7.63. The van der Waals surface area contributed by atoms with E-state index >= 15 is 0 Å². The van der Waals surface area contributed by atoms with Crippen LogP contribution in [0.3, 0.4) is 0 Å². The number of ether oxygens (including phenoxy) is 3. The molecule has 164 valence electrons. The number of benzene rings is 1. The van der Waals surface area contributed by atoms with E-state index in [1.807, 2.05) is 0 Å². The highest BCUT2D eigenvalue weighted by molar-refractivity contribution is 6.55. The van der Waals surface area contributed by atoms with E-state index in [1.165, 1.54) is 12.1 Å². The Kier molecular flexibility index (Phi) is 9.68. The number of halogens is 7. The molecule has 0 unspecified atom stereocenters. The molecule has 0 N–H and O–H groups in total. The molecule has 0 aliphatic heterocycles. The number of pyridine rings is 1. The molecule has 0 saturated heterocycles. The van der Waals surface area contributed by atoms with Crippen molar-refractivity contribution in [1.82, 2.24) is 4.98 Å². The minimum absolute atomic E-state index is 0.0882. The Labute approximate surface area is 191 Å². The van der Waals surface area contributed by atoms with E-state index in [2.05, 4.69) is 4.98 Å². The van der Waals surface area contributed by atoms with Crippen molar-refractivity contribution in [2.75, 3.05) is 19.8 Å². The highest BCUT2D eigenvalue weighted by Crippen LogP contribution is 2.37. The first-order chi connectivity index (χ1) is 14.2. The lowest BCUT2D eigenvalue weighted by Crippen LogP contribution is -2.07. The zero-order chi connectivity index (χ0) is 22.1.